The van der Waals surface area contributed by atoms with Crippen LogP contribution in [0.4, 0.5) is 0 Å². The van der Waals surface area contributed by atoms with Crippen molar-refractivity contribution < 1.29 is 27.1 Å². The lowest BCUT2D eigenvalue weighted by molar-refractivity contribution is -0.137. The van der Waals surface area contributed by atoms with Crippen LogP contribution < -0.4 is 0 Å². The van der Waals surface area contributed by atoms with Gasteiger partial charge in [-0.25, -0.2) is 8.42 Å². The van der Waals surface area contributed by atoms with Crippen LogP contribution in [0.5, 0.6) is 0 Å². The first-order valence-corrected chi connectivity index (χ1v) is 12.2. The molecule has 170 valence electrons. The number of ether oxygens (including phenoxy) is 2. The quantitative estimate of drug-likeness (QED) is 0.353. The third-order valence-electron chi connectivity index (χ3n) is 4.86. The van der Waals surface area contributed by atoms with Gasteiger partial charge in [-0.2, -0.15) is 4.31 Å². The van der Waals surface area contributed by atoms with Gasteiger partial charge in [0.05, 0.1) is 43.8 Å². The Morgan fingerprint density at radius 1 is 1.19 bits per heavy atom. The Kier molecular flexibility index (Phi) is 6.94. The van der Waals surface area contributed by atoms with Gasteiger partial charge in [0.15, 0.2) is 11.0 Å². The van der Waals surface area contributed by atoms with Crippen LogP contribution in [0.15, 0.2) is 57.1 Å². The fourth-order valence-corrected chi connectivity index (χ4v) is 5.45. The topological polar surface area (TPSA) is 117 Å². The molecular formula is C20H22N4O6S2. The van der Waals surface area contributed by atoms with Gasteiger partial charge in [-0.1, -0.05) is 23.9 Å². The minimum Gasteiger partial charge on any atom is -0.468 e. The molecule has 0 aliphatic carbocycles. The van der Waals surface area contributed by atoms with E-state index in [2.05, 4.69) is 10.2 Å². The monoisotopic (exact) mass is 478 g/mol. The number of morpholine rings is 1. The van der Waals surface area contributed by atoms with Crippen LogP contribution in [0.25, 0.3) is 11.4 Å². The van der Waals surface area contributed by atoms with Crippen LogP contribution in [-0.2, 0) is 30.8 Å². The van der Waals surface area contributed by atoms with Gasteiger partial charge in [-0.05, 0) is 24.3 Å². The summed E-state index contributed by atoms with van der Waals surface area (Å²) in [5, 5.41) is 8.98. The molecule has 0 N–H and O–H groups in total. The van der Waals surface area contributed by atoms with Crippen molar-refractivity contribution >= 4 is 27.8 Å². The molecular weight excluding hydrogens is 456 g/mol. The smallest absolute Gasteiger partial charge is 0.316 e. The zero-order valence-electron chi connectivity index (χ0n) is 17.3. The summed E-state index contributed by atoms with van der Waals surface area (Å²) in [5.41, 5.74) is 0.586. The number of methoxy groups -OCH3 is 1. The summed E-state index contributed by atoms with van der Waals surface area (Å²) < 4.78 is 44.8. The van der Waals surface area contributed by atoms with Crippen molar-refractivity contribution in [2.24, 2.45) is 0 Å². The van der Waals surface area contributed by atoms with Gasteiger partial charge < -0.3 is 13.9 Å². The molecule has 0 unspecified atom stereocenters. The minimum absolute atomic E-state index is 0.0677. The Balaban J connectivity index is 1.69. The van der Waals surface area contributed by atoms with Crippen LogP contribution in [0.2, 0.25) is 0 Å². The van der Waals surface area contributed by atoms with Crippen LogP contribution in [0.1, 0.15) is 5.76 Å². The average molecular weight is 479 g/mol. The Labute approximate surface area is 189 Å². The molecule has 1 saturated heterocycles. The third kappa shape index (κ3) is 4.88. The summed E-state index contributed by atoms with van der Waals surface area (Å²) >= 11 is 1.18. The Bertz CT molecular complexity index is 1170. The first kappa shape index (κ1) is 22.5. The van der Waals surface area contributed by atoms with Crippen LogP contribution in [0, 0.1) is 0 Å². The zero-order valence-corrected chi connectivity index (χ0v) is 19.0. The maximum atomic E-state index is 13.1. The van der Waals surface area contributed by atoms with E-state index in [0.29, 0.717) is 55.2 Å². The van der Waals surface area contributed by atoms with E-state index in [4.69, 9.17) is 13.9 Å². The predicted molar refractivity (Wildman–Crippen MR) is 116 cm³/mol. The van der Waals surface area contributed by atoms with E-state index in [1.54, 1.807) is 41.2 Å². The number of rotatable bonds is 8. The van der Waals surface area contributed by atoms with E-state index >= 15 is 0 Å². The van der Waals surface area contributed by atoms with Gasteiger partial charge in [0.1, 0.15) is 5.76 Å². The summed E-state index contributed by atoms with van der Waals surface area (Å²) in [7, 11) is -2.34. The van der Waals surface area contributed by atoms with Gasteiger partial charge in [-0.15, -0.1) is 10.2 Å². The van der Waals surface area contributed by atoms with Crippen molar-refractivity contribution in [3.05, 3.63) is 48.4 Å². The summed E-state index contributed by atoms with van der Waals surface area (Å²) in [6, 6.07) is 10.2. The molecule has 0 radical (unpaired) electrons. The summed E-state index contributed by atoms with van der Waals surface area (Å²) in [6.07, 6.45) is 1.57. The first-order valence-electron chi connectivity index (χ1n) is 9.82. The van der Waals surface area contributed by atoms with Gasteiger partial charge in [0, 0.05) is 18.7 Å². The Morgan fingerprint density at radius 2 is 2.00 bits per heavy atom. The van der Waals surface area contributed by atoms with Gasteiger partial charge in [0.25, 0.3) is 0 Å². The molecule has 3 aromatic rings. The van der Waals surface area contributed by atoms with Crippen molar-refractivity contribution in [1.82, 2.24) is 19.1 Å². The molecule has 1 aromatic carbocycles. The van der Waals surface area contributed by atoms with Gasteiger partial charge >= 0.3 is 5.97 Å². The number of hydrogen-bond acceptors (Lipinski definition) is 9. The number of furan rings is 1. The number of nitrogens with zero attached hydrogens (tertiary/aromatic N) is 4. The maximum Gasteiger partial charge on any atom is 0.316 e. The molecule has 0 saturated carbocycles. The van der Waals surface area contributed by atoms with Crippen molar-refractivity contribution in [2.75, 3.05) is 39.2 Å². The maximum absolute atomic E-state index is 13.1. The molecule has 32 heavy (non-hydrogen) atoms. The second kappa shape index (κ2) is 9.86. The third-order valence-corrected chi connectivity index (χ3v) is 7.69. The zero-order chi connectivity index (χ0) is 22.6. The second-order valence-electron chi connectivity index (χ2n) is 6.88. The van der Waals surface area contributed by atoms with Crippen molar-refractivity contribution in [3.63, 3.8) is 0 Å². The predicted octanol–water partition coefficient (Wildman–Crippen LogP) is 1.87. The fourth-order valence-electron chi connectivity index (χ4n) is 3.22. The number of esters is 1. The highest BCUT2D eigenvalue weighted by atomic mass is 32.2. The molecule has 1 fully saturated rings. The number of carbonyl (C=O) groups is 1. The van der Waals surface area contributed by atoms with Crippen LogP contribution in [-0.4, -0.2) is 72.6 Å². The minimum atomic E-state index is -3.66. The van der Waals surface area contributed by atoms with Crippen LogP contribution in [0.3, 0.4) is 0 Å². The highest BCUT2D eigenvalue weighted by Crippen LogP contribution is 2.28. The molecule has 0 bridgehead atoms. The molecule has 12 heteroatoms. The van der Waals surface area contributed by atoms with Crippen molar-refractivity contribution in [2.45, 2.75) is 16.6 Å². The van der Waals surface area contributed by atoms with Crippen molar-refractivity contribution in [3.8, 4) is 11.4 Å². The number of thioether (sulfide) groups is 1. The van der Waals surface area contributed by atoms with Gasteiger partial charge in [-0.3, -0.25) is 9.36 Å². The molecule has 0 atom stereocenters. The van der Waals surface area contributed by atoms with Crippen LogP contribution >= 0.6 is 11.8 Å². The van der Waals surface area contributed by atoms with E-state index < -0.39 is 10.0 Å². The molecule has 3 heterocycles. The van der Waals surface area contributed by atoms with E-state index in [0.717, 1.165) is 0 Å². The largest absolute Gasteiger partial charge is 0.468 e. The normalized spacial score (nSPS) is 15.0. The Morgan fingerprint density at radius 3 is 2.72 bits per heavy atom. The number of sulfonamides is 1. The fraction of sp³-hybridized carbons (Fsp3) is 0.350. The van der Waals surface area contributed by atoms with E-state index in [9.17, 15) is 13.2 Å². The van der Waals surface area contributed by atoms with Crippen molar-refractivity contribution in [1.29, 1.82) is 0 Å². The Hall–Kier alpha value is -2.67. The summed E-state index contributed by atoms with van der Waals surface area (Å²) in [5.74, 6) is 0.816. The lowest BCUT2D eigenvalue weighted by Crippen LogP contribution is -2.40. The molecule has 1 aliphatic rings. The highest BCUT2D eigenvalue weighted by molar-refractivity contribution is 7.99. The van der Waals surface area contributed by atoms with Gasteiger partial charge in [0.2, 0.25) is 10.0 Å². The standard InChI is InChI=1S/C20H22N4O6S2/c1-28-18(25)14-31-20-22-21-19(24(20)13-16-5-3-9-30-16)15-4-2-6-17(12-15)32(26,27)23-7-10-29-11-8-23/h2-6,9,12H,7-8,10-11,13-14H2,1H3. The first-order chi connectivity index (χ1) is 15.5. The molecule has 0 amide bonds. The number of hydrogen-bond donors (Lipinski definition) is 0. The summed E-state index contributed by atoms with van der Waals surface area (Å²) in [6.45, 7) is 1.69. The van der Waals surface area contributed by atoms with E-state index in [-0.39, 0.29) is 16.6 Å². The number of carbonyl (C=O) groups excluding carboxylic acids is 1. The molecule has 10 nitrogen and oxygen atoms in total. The number of aromatic nitrogens is 3. The second-order valence-corrected chi connectivity index (χ2v) is 9.76. The molecule has 0 spiro atoms. The van der Waals surface area contributed by atoms with E-state index in [1.807, 2.05) is 6.07 Å². The SMILES string of the molecule is COC(=O)CSc1nnc(-c2cccc(S(=O)(=O)N3CCOCC3)c2)n1Cc1ccco1. The molecule has 1 aliphatic heterocycles. The number of benzene rings is 1. The molecule has 2 aromatic heterocycles. The highest BCUT2D eigenvalue weighted by Gasteiger charge is 2.27. The lowest BCUT2D eigenvalue weighted by atomic mass is 10.2. The average Bonchev–Trinajstić information content (AvgIpc) is 3.48. The molecule has 4 rings (SSSR count). The summed E-state index contributed by atoms with van der Waals surface area (Å²) in [4.78, 5) is 11.8. The lowest BCUT2D eigenvalue weighted by Gasteiger charge is -2.26. The van der Waals surface area contributed by atoms with E-state index in [1.165, 1.54) is 23.2 Å².